The van der Waals surface area contributed by atoms with Gasteiger partial charge in [-0.05, 0) is 18.2 Å². The molecule has 0 fully saturated rings. The van der Waals surface area contributed by atoms with E-state index in [9.17, 15) is 8.42 Å². The Hall–Kier alpha value is -2.34. The van der Waals surface area contributed by atoms with Gasteiger partial charge < -0.3 is 4.74 Å². The van der Waals surface area contributed by atoms with Crippen molar-refractivity contribution in [3.8, 4) is 5.75 Å². The van der Waals surface area contributed by atoms with Crippen LogP contribution in [0.2, 0.25) is 0 Å². The Kier molecular flexibility index (Phi) is 2.56. The molecule has 21 heavy (non-hydrogen) atoms. The van der Waals surface area contributed by atoms with Gasteiger partial charge in [0.1, 0.15) is 24.2 Å². The van der Waals surface area contributed by atoms with Crippen molar-refractivity contribution in [2.45, 2.75) is 10.9 Å². The number of rotatable bonds is 1. The fraction of sp³-hybridized carbons (Fsp3) is 0.133. The first-order valence-electron chi connectivity index (χ1n) is 6.57. The number of sulfonamides is 1. The lowest BCUT2D eigenvalue weighted by atomic mass is 10.1. The lowest BCUT2D eigenvalue weighted by Crippen LogP contribution is -2.23. The Labute approximate surface area is 122 Å². The highest BCUT2D eigenvalue weighted by Gasteiger charge is 2.32. The van der Waals surface area contributed by atoms with Crippen molar-refractivity contribution in [2.75, 3.05) is 6.61 Å². The van der Waals surface area contributed by atoms with Crippen molar-refractivity contribution < 1.29 is 13.2 Å². The third-order valence-corrected chi connectivity index (χ3v) is 5.02. The smallest absolute Gasteiger partial charge is 0.263 e. The topological polar surface area (TPSA) is 67.8 Å². The van der Waals surface area contributed by atoms with Crippen molar-refractivity contribution in [1.82, 2.24) is 4.72 Å². The molecule has 5 nitrogen and oxygen atoms in total. The van der Waals surface area contributed by atoms with E-state index < -0.39 is 10.0 Å². The first-order chi connectivity index (χ1) is 10.1. The molecule has 6 heteroatoms. The fourth-order valence-corrected chi connectivity index (χ4v) is 3.88. The molecule has 1 atom stereocenters. The molecule has 2 aliphatic rings. The van der Waals surface area contributed by atoms with Gasteiger partial charge in [0, 0.05) is 11.1 Å². The maximum atomic E-state index is 12.1. The van der Waals surface area contributed by atoms with Crippen LogP contribution >= 0.6 is 0 Å². The minimum absolute atomic E-state index is 0.190. The molecule has 0 saturated carbocycles. The highest BCUT2D eigenvalue weighted by Crippen LogP contribution is 2.35. The summed E-state index contributed by atoms with van der Waals surface area (Å²) in [4.78, 5) is 4.83. The van der Waals surface area contributed by atoms with Crippen LogP contribution in [0.5, 0.6) is 5.75 Å². The first kappa shape index (κ1) is 12.4. The summed E-state index contributed by atoms with van der Waals surface area (Å²) in [5, 5.41) is 0. The Morgan fingerprint density at radius 2 is 1.86 bits per heavy atom. The molecule has 4 rings (SSSR count). The normalized spacial score (nSPS) is 23.2. The van der Waals surface area contributed by atoms with Gasteiger partial charge in [0.15, 0.2) is 0 Å². The summed E-state index contributed by atoms with van der Waals surface area (Å²) >= 11 is 0. The van der Waals surface area contributed by atoms with Crippen molar-refractivity contribution in [1.29, 1.82) is 0 Å². The Bertz CT molecular complexity index is 859. The maximum absolute atomic E-state index is 12.1. The van der Waals surface area contributed by atoms with Crippen molar-refractivity contribution >= 4 is 15.9 Å². The van der Waals surface area contributed by atoms with Gasteiger partial charge in [-0.2, -0.15) is 0 Å². The highest BCUT2D eigenvalue weighted by atomic mass is 32.2. The Morgan fingerprint density at radius 1 is 1.10 bits per heavy atom. The molecule has 1 unspecified atom stereocenters. The predicted octanol–water partition coefficient (Wildman–Crippen LogP) is 1.86. The molecule has 2 heterocycles. The summed E-state index contributed by atoms with van der Waals surface area (Å²) in [5.74, 6) is 1.19. The standard InChI is InChI=1S/C15H12N2O3S/c18-21(19)14-8-4-2-6-11(14)15(17-21)16-12-9-20-13-7-3-1-5-10(12)13/h1-8,12H,9H2,(H,16,17). The van der Waals surface area contributed by atoms with Crippen LogP contribution in [-0.4, -0.2) is 20.9 Å². The van der Waals surface area contributed by atoms with Gasteiger partial charge in [-0.1, -0.05) is 30.3 Å². The van der Waals surface area contributed by atoms with Crippen LogP contribution in [-0.2, 0) is 10.0 Å². The number of nitrogens with one attached hydrogen (secondary N) is 1. The number of amidine groups is 1. The number of ether oxygens (including phenoxy) is 1. The number of hydrogen-bond donors (Lipinski definition) is 1. The molecule has 2 aliphatic heterocycles. The monoisotopic (exact) mass is 300 g/mol. The highest BCUT2D eigenvalue weighted by molar-refractivity contribution is 7.90. The molecular weight excluding hydrogens is 288 g/mol. The van der Waals surface area contributed by atoms with Crippen LogP contribution in [0, 0.1) is 0 Å². The third kappa shape index (κ3) is 1.91. The molecule has 0 aliphatic carbocycles. The minimum Gasteiger partial charge on any atom is -0.491 e. The molecule has 1 N–H and O–H groups in total. The summed E-state index contributed by atoms with van der Waals surface area (Å²) in [7, 11) is -3.50. The predicted molar refractivity (Wildman–Crippen MR) is 78.0 cm³/mol. The number of para-hydroxylation sites is 1. The summed E-state index contributed by atoms with van der Waals surface area (Å²) in [6, 6.07) is 14.3. The van der Waals surface area contributed by atoms with Crippen LogP contribution in [0.3, 0.4) is 0 Å². The van der Waals surface area contributed by atoms with Gasteiger partial charge in [-0.3, -0.25) is 9.71 Å². The summed E-state index contributed by atoms with van der Waals surface area (Å²) in [6.45, 7) is 0.423. The molecule has 0 aromatic heterocycles. The van der Waals surface area contributed by atoms with Gasteiger partial charge in [-0.25, -0.2) is 8.42 Å². The number of hydrogen-bond acceptors (Lipinski definition) is 4. The Morgan fingerprint density at radius 3 is 2.76 bits per heavy atom. The molecule has 0 bridgehead atoms. The van der Waals surface area contributed by atoms with Gasteiger partial charge >= 0.3 is 0 Å². The van der Waals surface area contributed by atoms with E-state index in [0.29, 0.717) is 18.0 Å². The third-order valence-electron chi connectivity index (χ3n) is 3.62. The van der Waals surface area contributed by atoms with E-state index in [1.54, 1.807) is 24.3 Å². The van der Waals surface area contributed by atoms with E-state index >= 15 is 0 Å². The lowest BCUT2D eigenvalue weighted by Gasteiger charge is -2.05. The van der Waals surface area contributed by atoms with Gasteiger partial charge in [0.2, 0.25) is 0 Å². The van der Waals surface area contributed by atoms with E-state index in [1.165, 1.54) is 0 Å². The number of fused-ring (bicyclic) bond motifs is 2. The van der Waals surface area contributed by atoms with E-state index in [4.69, 9.17) is 4.74 Å². The molecule has 0 saturated heterocycles. The van der Waals surface area contributed by atoms with E-state index in [-0.39, 0.29) is 10.9 Å². The number of nitrogens with zero attached hydrogens (tertiary/aromatic N) is 1. The van der Waals surface area contributed by atoms with Crippen molar-refractivity contribution in [3.63, 3.8) is 0 Å². The van der Waals surface area contributed by atoms with Crippen LogP contribution in [0.25, 0.3) is 0 Å². The summed E-state index contributed by atoms with van der Waals surface area (Å²) < 4.78 is 32.2. The van der Waals surface area contributed by atoms with E-state index in [2.05, 4.69) is 9.71 Å². The molecule has 106 valence electrons. The van der Waals surface area contributed by atoms with E-state index in [1.807, 2.05) is 24.3 Å². The maximum Gasteiger partial charge on any atom is 0.263 e. The average Bonchev–Trinajstić information content (AvgIpc) is 3.00. The molecule has 2 aromatic carbocycles. The van der Waals surface area contributed by atoms with Crippen LogP contribution in [0.1, 0.15) is 17.2 Å². The van der Waals surface area contributed by atoms with Crippen molar-refractivity contribution in [3.05, 3.63) is 59.7 Å². The second-order valence-electron chi connectivity index (χ2n) is 4.94. The van der Waals surface area contributed by atoms with Gasteiger partial charge in [0.05, 0.1) is 4.90 Å². The first-order valence-corrected chi connectivity index (χ1v) is 8.05. The second kappa shape index (κ2) is 4.33. The SMILES string of the molecule is O=S1(=O)NC(=NC2COc3ccccc32)c2ccccc21. The largest absolute Gasteiger partial charge is 0.491 e. The zero-order valence-electron chi connectivity index (χ0n) is 11.0. The van der Waals surface area contributed by atoms with Gasteiger partial charge in [0.25, 0.3) is 10.0 Å². The van der Waals surface area contributed by atoms with Crippen molar-refractivity contribution in [2.24, 2.45) is 4.99 Å². The average molecular weight is 300 g/mol. The molecule has 2 aromatic rings. The zero-order chi connectivity index (χ0) is 14.4. The summed E-state index contributed by atoms with van der Waals surface area (Å²) in [5.41, 5.74) is 1.59. The fourth-order valence-electron chi connectivity index (χ4n) is 2.64. The van der Waals surface area contributed by atoms with Gasteiger partial charge in [-0.15, -0.1) is 0 Å². The number of benzene rings is 2. The minimum atomic E-state index is -3.50. The second-order valence-corrected chi connectivity index (χ2v) is 6.59. The molecular formula is C15H12N2O3S. The van der Waals surface area contributed by atoms with Crippen LogP contribution in [0.15, 0.2) is 58.4 Å². The van der Waals surface area contributed by atoms with E-state index in [0.717, 1.165) is 11.3 Å². The van der Waals surface area contributed by atoms with Crippen LogP contribution in [0.4, 0.5) is 0 Å². The number of aliphatic imine (C=N–C) groups is 1. The molecule has 0 spiro atoms. The lowest BCUT2D eigenvalue weighted by molar-refractivity contribution is 0.334. The summed E-state index contributed by atoms with van der Waals surface area (Å²) in [6.07, 6.45) is 0. The zero-order valence-corrected chi connectivity index (χ0v) is 11.8. The Balaban J connectivity index is 1.80. The van der Waals surface area contributed by atoms with Crippen LogP contribution < -0.4 is 9.46 Å². The quantitative estimate of drug-likeness (QED) is 0.874. The molecule has 0 amide bonds. The molecule has 0 radical (unpaired) electrons.